The Morgan fingerprint density at radius 2 is 1.96 bits per heavy atom. The quantitative estimate of drug-likeness (QED) is 0.907. The van der Waals surface area contributed by atoms with Crippen molar-refractivity contribution in [1.29, 1.82) is 0 Å². The fraction of sp³-hybridized carbons (Fsp3) is 0.353. The predicted octanol–water partition coefficient (Wildman–Crippen LogP) is 2.93. The number of carbonyl (C=O) groups excluding carboxylic acids is 1. The molecule has 1 aromatic heterocycles. The van der Waals surface area contributed by atoms with Crippen LogP contribution in [0.4, 0.5) is 5.69 Å². The molecular formula is C17H21ClN4O. The molecule has 0 spiro atoms. The molecule has 0 radical (unpaired) electrons. The van der Waals surface area contributed by atoms with Crippen molar-refractivity contribution in [2.75, 3.05) is 18.4 Å². The molecule has 0 aliphatic carbocycles. The fourth-order valence-electron chi connectivity index (χ4n) is 2.70. The summed E-state index contributed by atoms with van der Waals surface area (Å²) in [5, 5.41) is 6.24. The van der Waals surface area contributed by atoms with E-state index in [1.54, 1.807) is 6.20 Å². The van der Waals surface area contributed by atoms with Gasteiger partial charge in [0.15, 0.2) is 0 Å². The molecule has 122 valence electrons. The van der Waals surface area contributed by atoms with Gasteiger partial charge in [0.1, 0.15) is 5.69 Å². The number of halogens is 1. The molecule has 1 aliphatic heterocycles. The maximum absolute atomic E-state index is 12.4. The topological polar surface area (TPSA) is 66.9 Å². The number of nitrogens with one attached hydrogen (secondary N) is 2. The number of hydrogen-bond donors (Lipinski definition) is 2. The van der Waals surface area contributed by atoms with Crippen LogP contribution in [0.3, 0.4) is 0 Å². The van der Waals surface area contributed by atoms with Gasteiger partial charge in [-0.15, -0.1) is 12.4 Å². The highest BCUT2D eigenvalue weighted by atomic mass is 35.5. The predicted molar refractivity (Wildman–Crippen MR) is 93.3 cm³/mol. The molecule has 1 amide bonds. The zero-order chi connectivity index (χ0) is 15.4. The van der Waals surface area contributed by atoms with Crippen molar-refractivity contribution < 1.29 is 4.79 Å². The van der Waals surface area contributed by atoms with Crippen LogP contribution in [-0.4, -0.2) is 29.0 Å². The van der Waals surface area contributed by atoms with Gasteiger partial charge in [0.2, 0.25) is 0 Å². The number of benzene rings is 1. The number of piperidine rings is 1. The highest BCUT2D eigenvalue weighted by molar-refractivity contribution is 6.03. The Bertz CT molecular complexity index is 671. The molecule has 0 atom stereocenters. The second-order valence-corrected chi connectivity index (χ2v) is 5.62. The number of aryl methyl sites for hydroxylation is 1. The summed E-state index contributed by atoms with van der Waals surface area (Å²) in [7, 11) is 0. The molecular weight excluding hydrogens is 312 g/mol. The van der Waals surface area contributed by atoms with Crippen LogP contribution < -0.4 is 10.6 Å². The van der Waals surface area contributed by atoms with Gasteiger partial charge in [0.05, 0.1) is 11.9 Å². The Kier molecular flexibility index (Phi) is 6.07. The lowest BCUT2D eigenvalue weighted by Gasteiger charge is -2.22. The van der Waals surface area contributed by atoms with E-state index in [0.29, 0.717) is 11.6 Å². The lowest BCUT2D eigenvalue weighted by atomic mass is 9.95. The number of carbonyl (C=O) groups is 1. The molecule has 2 aromatic rings. The van der Waals surface area contributed by atoms with Crippen LogP contribution in [-0.2, 0) is 0 Å². The molecule has 1 saturated heterocycles. The van der Waals surface area contributed by atoms with Crippen LogP contribution in [0.1, 0.15) is 40.5 Å². The number of amides is 1. The van der Waals surface area contributed by atoms with Crippen LogP contribution in [0.5, 0.6) is 0 Å². The molecule has 2 N–H and O–H groups in total. The molecule has 3 rings (SSSR count). The minimum Gasteiger partial charge on any atom is -0.320 e. The van der Waals surface area contributed by atoms with E-state index in [1.165, 1.54) is 6.20 Å². The molecule has 5 nitrogen and oxygen atoms in total. The van der Waals surface area contributed by atoms with Gasteiger partial charge in [-0.1, -0.05) is 18.2 Å². The first-order chi connectivity index (χ1) is 10.7. The summed E-state index contributed by atoms with van der Waals surface area (Å²) in [5.74, 6) is 0.178. The lowest BCUT2D eigenvalue weighted by molar-refractivity contribution is 0.102. The molecule has 0 unspecified atom stereocenters. The highest BCUT2D eigenvalue weighted by Gasteiger charge is 2.18. The van der Waals surface area contributed by atoms with Gasteiger partial charge in [0, 0.05) is 17.8 Å². The Labute approximate surface area is 142 Å². The normalized spacial score (nSPS) is 14.8. The molecule has 0 bridgehead atoms. The Balaban J connectivity index is 0.00000192. The third-order valence-electron chi connectivity index (χ3n) is 4.04. The van der Waals surface area contributed by atoms with Crippen molar-refractivity contribution in [2.24, 2.45) is 0 Å². The largest absolute Gasteiger partial charge is 0.320 e. The summed E-state index contributed by atoms with van der Waals surface area (Å²) >= 11 is 0. The smallest absolute Gasteiger partial charge is 0.275 e. The van der Waals surface area contributed by atoms with Gasteiger partial charge < -0.3 is 10.6 Å². The summed E-state index contributed by atoms with van der Waals surface area (Å²) in [6, 6.07) is 7.70. The minimum absolute atomic E-state index is 0. The maximum atomic E-state index is 12.4. The Hall–Kier alpha value is -1.98. The molecule has 1 aliphatic rings. The molecule has 1 fully saturated rings. The van der Waals surface area contributed by atoms with E-state index in [-0.39, 0.29) is 18.3 Å². The molecule has 2 heterocycles. The van der Waals surface area contributed by atoms with Crippen molar-refractivity contribution in [3.63, 3.8) is 0 Å². The van der Waals surface area contributed by atoms with E-state index in [0.717, 1.165) is 42.9 Å². The molecule has 1 aromatic carbocycles. The van der Waals surface area contributed by atoms with Gasteiger partial charge in [-0.2, -0.15) is 0 Å². The van der Waals surface area contributed by atoms with Crippen LogP contribution in [0, 0.1) is 6.92 Å². The average Bonchev–Trinajstić information content (AvgIpc) is 2.58. The van der Waals surface area contributed by atoms with Crippen LogP contribution >= 0.6 is 12.4 Å². The Morgan fingerprint density at radius 1 is 1.22 bits per heavy atom. The number of aromatic nitrogens is 2. The van der Waals surface area contributed by atoms with Gasteiger partial charge >= 0.3 is 0 Å². The van der Waals surface area contributed by atoms with Crippen molar-refractivity contribution in [3.8, 4) is 0 Å². The monoisotopic (exact) mass is 332 g/mol. The maximum Gasteiger partial charge on any atom is 0.275 e. The van der Waals surface area contributed by atoms with Gasteiger partial charge in [0.25, 0.3) is 5.91 Å². The second kappa shape index (κ2) is 8.04. The SMILES string of the molecule is Cc1ccccc1NC(=O)c1cncc(C2CCNCC2)n1.Cl. The number of hydrogen-bond acceptors (Lipinski definition) is 4. The summed E-state index contributed by atoms with van der Waals surface area (Å²) in [4.78, 5) is 21.1. The van der Waals surface area contributed by atoms with Gasteiger partial charge in [-0.25, -0.2) is 4.98 Å². The van der Waals surface area contributed by atoms with Crippen LogP contribution in [0.2, 0.25) is 0 Å². The van der Waals surface area contributed by atoms with Gasteiger partial charge in [-0.05, 0) is 44.5 Å². The number of nitrogens with zero attached hydrogens (tertiary/aromatic N) is 2. The minimum atomic E-state index is -0.211. The fourth-order valence-corrected chi connectivity index (χ4v) is 2.70. The van der Waals surface area contributed by atoms with Crippen molar-refractivity contribution in [1.82, 2.24) is 15.3 Å². The third-order valence-corrected chi connectivity index (χ3v) is 4.04. The number of rotatable bonds is 3. The van der Waals surface area contributed by atoms with Crippen molar-refractivity contribution >= 4 is 24.0 Å². The van der Waals surface area contributed by atoms with Crippen molar-refractivity contribution in [3.05, 3.63) is 53.6 Å². The molecule has 6 heteroatoms. The Morgan fingerprint density at radius 3 is 2.70 bits per heavy atom. The van der Waals surface area contributed by atoms with Crippen molar-refractivity contribution in [2.45, 2.75) is 25.7 Å². The van der Waals surface area contributed by atoms with Crippen LogP contribution in [0.15, 0.2) is 36.7 Å². The van der Waals surface area contributed by atoms with Crippen LogP contribution in [0.25, 0.3) is 0 Å². The van der Waals surface area contributed by atoms with E-state index in [4.69, 9.17) is 0 Å². The van der Waals surface area contributed by atoms with E-state index in [9.17, 15) is 4.79 Å². The summed E-state index contributed by atoms with van der Waals surface area (Å²) in [6.45, 7) is 3.95. The highest BCUT2D eigenvalue weighted by Crippen LogP contribution is 2.23. The third kappa shape index (κ3) is 4.27. The first-order valence-corrected chi connectivity index (χ1v) is 7.63. The number of anilines is 1. The summed E-state index contributed by atoms with van der Waals surface area (Å²) in [5.41, 5.74) is 3.12. The first kappa shape index (κ1) is 17.4. The number of para-hydroxylation sites is 1. The van der Waals surface area contributed by atoms with E-state index in [2.05, 4.69) is 20.6 Å². The average molecular weight is 333 g/mol. The lowest BCUT2D eigenvalue weighted by Crippen LogP contribution is -2.27. The molecule has 23 heavy (non-hydrogen) atoms. The van der Waals surface area contributed by atoms with E-state index in [1.807, 2.05) is 31.2 Å². The standard InChI is InChI=1S/C17H20N4O.ClH/c1-12-4-2-3-5-14(12)21-17(22)16-11-19-10-15(20-16)13-6-8-18-9-7-13;/h2-5,10-11,13,18H,6-9H2,1H3,(H,21,22);1H. The zero-order valence-corrected chi connectivity index (χ0v) is 13.9. The molecule has 0 saturated carbocycles. The second-order valence-electron chi connectivity index (χ2n) is 5.62. The zero-order valence-electron chi connectivity index (χ0n) is 13.1. The van der Waals surface area contributed by atoms with Gasteiger partial charge in [-0.3, -0.25) is 9.78 Å². The summed E-state index contributed by atoms with van der Waals surface area (Å²) in [6.07, 6.45) is 5.38. The van der Waals surface area contributed by atoms with E-state index >= 15 is 0 Å². The summed E-state index contributed by atoms with van der Waals surface area (Å²) < 4.78 is 0. The first-order valence-electron chi connectivity index (χ1n) is 7.63. The van der Waals surface area contributed by atoms with E-state index < -0.39 is 0 Å².